The van der Waals surface area contributed by atoms with Crippen LogP contribution in [-0.4, -0.2) is 29.8 Å². The fraction of sp³-hybridized carbons (Fsp3) is 0.310. The Bertz CT molecular complexity index is 1160. The molecule has 0 saturated carbocycles. The van der Waals surface area contributed by atoms with Crippen LogP contribution in [0.4, 0.5) is 5.69 Å². The van der Waals surface area contributed by atoms with E-state index in [2.05, 4.69) is 55.4 Å². The fourth-order valence-electron chi connectivity index (χ4n) is 4.90. The summed E-state index contributed by atoms with van der Waals surface area (Å²) in [5, 5.41) is 15.8. The van der Waals surface area contributed by atoms with Crippen LogP contribution in [-0.2, 0) is 10.4 Å². The van der Waals surface area contributed by atoms with E-state index in [9.17, 15) is 9.90 Å². The average Bonchev–Trinajstić information content (AvgIpc) is 2.83. The monoisotopic (exact) mass is 455 g/mol. The first-order chi connectivity index (χ1) is 16.1. The fourth-order valence-corrected chi connectivity index (χ4v) is 4.90. The number of hydrogen-bond donors (Lipinski definition) is 2. The molecular weight excluding hydrogens is 422 g/mol. The van der Waals surface area contributed by atoms with Gasteiger partial charge in [0.05, 0.1) is 6.21 Å². The molecule has 0 radical (unpaired) electrons. The van der Waals surface area contributed by atoms with Gasteiger partial charge in [-0.25, -0.2) is 5.43 Å². The lowest BCUT2D eigenvalue weighted by molar-refractivity contribution is -0.136. The van der Waals surface area contributed by atoms with Crippen molar-refractivity contribution in [2.75, 3.05) is 11.9 Å². The predicted molar refractivity (Wildman–Crippen MR) is 138 cm³/mol. The number of hydrazone groups is 1. The molecule has 1 aliphatic rings. The van der Waals surface area contributed by atoms with Crippen molar-refractivity contribution >= 4 is 17.8 Å². The molecule has 5 heteroatoms. The quantitative estimate of drug-likeness (QED) is 0.415. The second-order valence-corrected chi connectivity index (χ2v) is 9.89. The van der Waals surface area contributed by atoms with Gasteiger partial charge in [0.1, 0.15) is 0 Å². The molecule has 1 unspecified atom stereocenters. The molecule has 176 valence electrons. The molecule has 4 rings (SSSR count). The van der Waals surface area contributed by atoms with Crippen molar-refractivity contribution < 1.29 is 9.90 Å². The number of rotatable bonds is 5. The first-order valence-electron chi connectivity index (χ1n) is 11.7. The molecule has 1 atom stereocenters. The summed E-state index contributed by atoms with van der Waals surface area (Å²) in [5.74, 6) is -0.184. The Morgan fingerprint density at radius 2 is 1.65 bits per heavy atom. The number of amides is 1. The van der Waals surface area contributed by atoms with Gasteiger partial charge in [-0.3, -0.25) is 4.79 Å². The Morgan fingerprint density at radius 3 is 2.21 bits per heavy atom. The normalized spacial score (nSPS) is 17.5. The van der Waals surface area contributed by atoms with Crippen LogP contribution in [0.25, 0.3) is 0 Å². The van der Waals surface area contributed by atoms with Crippen molar-refractivity contribution in [1.82, 2.24) is 5.43 Å². The standard InChI is InChI=1S/C29H33N3O2/c1-20-16-26-25(21(2)18-28(3,4)32(26)5)17-22(20)19-30-31-27(33)29(34,23-12-8-6-9-13-23)24-14-10-7-11-15-24/h6-17,19,21,34H,18H2,1-5H3,(H,31,33)/b30-19-. The third-order valence-corrected chi connectivity index (χ3v) is 7.10. The number of benzene rings is 3. The molecule has 3 aromatic carbocycles. The number of anilines is 1. The zero-order valence-electron chi connectivity index (χ0n) is 20.5. The van der Waals surface area contributed by atoms with Crippen LogP contribution in [0.5, 0.6) is 0 Å². The first-order valence-corrected chi connectivity index (χ1v) is 11.7. The zero-order valence-corrected chi connectivity index (χ0v) is 20.5. The van der Waals surface area contributed by atoms with Crippen LogP contribution < -0.4 is 10.3 Å². The van der Waals surface area contributed by atoms with Crippen LogP contribution in [0.1, 0.15) is 60.9 Å². The Balaban J connectivity index is 1.62. The SMILES string of the molecule is Cc1cc2c(cc1/C=N\NC(=O)C(O)(c1ccccc1)c1ccccc1)C(C)CC(C)(C)N2C. The molecule has 0 aliphatic carbocycles. The number of carbonyl (C=O) groups excluding carboxylic acids is 1. The molecule has 1 aliphatic heterocycles. The Morgan fingerprint density at radius 1 is 1.09 bits per heavy atom. The van der Waals surface area contributed by atoms with E-state index in [1.807, 2.05) is 19.1 Å². The molecule has 0 fully saturated rings. The van der Waals surface area contributed by atoms with Gasteiger partial charge < -0.3 is 10.0 Å². The predicted octanol–water partition coefficient (Wildman–Crippen LogP) is 5.10. The van der Waals surface area contributed by atoms with Crippen molar-refractivity contribution in [3.8, 4) is 0 Å². The van der Waals surface area contributed by atoms with Crippen LogP contribution in [0, 0.1) is 6.92 Å². The molecule has 2 N–H and O–H groups in total. The number of aliphatic hydroxyl groups is 1. The summed E-state index contributed by atoms with van der Waals surface area (Å²) in [4.78, 5) is 15.6. The number of fused-ring (bicyclic) bond motifs is 1. The summed E-state index contributed by atoms with van der Waals surface area (Å²) in [6.45, 7) is 8.85. The second kappa shape index (κ2) is 9.07. The topological polar surface area (TPSA) is 64.9 Å². The lowest BCUT2D eigenvalue weighted by atomic mass is 9.79. The summed E-state index contributed by atoms with van der Waals surface area (Å²) < 4.78 is 0. The molecule has 0 aromatic heterocycles. The molecule has 1 amide bonds. The van der Waals surface area contributed by atoms with Crippen molar-refractivity contribution in [3.63, 3.8) is 0 Å². The first kappa shape index (κ1) is 23.7. The molecular formula is C29H33N3O2. The van der Waals surface area contributed by atoms with Gasteiger partial charge in [0, 0.05) is 18.3 Å². The minimum atomic E-state index is -1.85. The minimum Gasteiger partial charge on any atom is -0.372 e. The Kier molecular flexibility index (Phi) is 6.32. The van der Waals surface area contributed by atoms with Crippen LogP contribution in [0.2, 0.25) is 0 Å². The summed E-state index contributed by atoms with van der Waals surface area (Å²) in [6.07, 6.45) is 2.73. The van der Waals surface area contributed by atoms with E-state index in [0.29, 0.717) is 17.0 Å². The number of aryl methyl sites for hydroxylation is 1. The smallest absolute Gasteiger partial charge is 0.281 e. The summed E-state index contributed by atoms with van der Waals surface area (Å²) in [7, 11) is 2.14. The molecule has 1 heterocycles. The van der Waals surface area contributed by atoms with Crippen LogP contribution in [0.15, 0.2) is 77.9 Å². The van der Waals surface area contributed by atoms with Gasteiger partial charge in [-0.15, -0.1) is 0 Å². The maximum absolute atomic E-state index is 13.3. The number of hydrogen-bond acceptors (Lipinski definition) is 4. The summed E-state index contributed by atoms with van der Waals surface area (Å²) >= 11 is 0. The van der Waals surface area contributed by atoms with Gasteiger partial charge in [0.2, 0.25) is 0 Å². The molecule has 34 heavy (non-hydrogen) atoms. The number of nitrogens with zero attached hydrogens (tertiary/aromatic N) is 2. The van der Waals surface area contributed by atoms with E-state index < -0.39 is 11.5 Å². The van der Waals surface area contributed by atoms with Crippen LogP contribution >= 0.6 is 0 Å². The van der Waals surface area contributed by atoms with Gasteiger partial charge in [-0.05, 0) is 73.1 Å². The molecule has 0 spiro atoms. The van der Waals surface area contributed by atoms with Crippen molar-refractivity contribution in [2.24, 2.45) is 5.10 Å². The van der Waals surface area contributed by atoms with Gasteiger partial charge >= 0.3 is 0 Å². The minimum absolute atomic E-state index is 0.0990. The van der Waals surface area contributed by atoms with E-state index >= 15 is 0 Å². The van der Waals surface area contributed by atoms with Gasteiger partial charge in [-0.1, -0.05) is 67.6 Å². The third-order valence-electron chi connectivity index (χ3n) is 7.10. The zero-order chi connectivity index (χ0) is 24.5. The van der Waals surface area contributed by atoms with E-state index in [-0.39, 0.29) is 5.54 Å². The largest absolute Gasteiger partial charge is 0.372 e. The Labute approximate surface area is 202 Å². The summed E-state index contributed by atoms with van der Waals surface area (Å²) in [5.41, 5.74) is 6.34. The van der Waals surface area contributed by atoms with Crippen LogP contribution in [0.3, 0.4) is 0 Å². The van der Waals surface area contributed by atoms with E-state index in [1.54, 1.807) is 54.7 Å². The van der Waals surface area contributed by atoms with E-state index in [1.165, 1.54) is 11.3 Å². The van der Waals surface area contributed by atoms with Gasteiger partial charge in [0.25, 0.3) is 5.91 Å². The van der Waals surface area contributed by atoms with E-state index in [4.69, 9.17) is 0 Å². The number of nitrogens with one attached hydrogen (secondary N) is 1. The summed E-state index contributed by atoms with van der Waals surface area (Å²) in [6, 6.07) is 22.2. The Hall–Kier alpha value is -3.44. The van der Waals surface area contributed by atoms with Crippen molar-refractivity contribution in [1.29, 1.82) is 0 Å². The highest BCUT2D eigenvalue weighted by molar-refractivity contribution is 5.91. The van der Waals surface area contributed by atoms with Gasteiger partial charge in [-0.2, -0.15) is 5.10 Å². The molecule has 0 saturated heterocycles. The third kappa shape index (κ3) is 4.24. The number of carbonyl (C=O) groups is 1. The lowest BCUT2D eigenvalue weighted by Gasteiger charge is -2.45. The molecule has 3 aromatic rings. The second-order valence-electron chi connectivity index (χ2n) is 9.89. The van der Waals surface area contributed by atoms with Gasteiger partial charge in [0.15, 0.2) is 5.60 Å². The van der Waals surface area contributed by atoms with Crippen molar-refractivity contribution in [3.05, 3.63) is 101 Å². The molecule has 0 bridgehead atoms. The highest BCUT2D eigenvalue weighted by Crippen LogP contribution is 2.43. The highest BCUT2D eigenvalue weighted by Gasteiger charge is 2.40. The average molecular weight is 456 g/mol. The lowest BCUT2D eigenvalue weighted by Crippen LogP contribution is -2.45. The maximum atomic E-state index is 13.3. The molecule has 5 nitrogen and oxygen atoms in total. The van der Waals surface area contributed by atoms with Crippen molar-refractivity contribution in [2.45, 2.75) is 51.2 Å². The van der Waals surface area contributed by atoms with E-state index in [0.717, 1.165) is 17.5 Å². The maximum Gasteiger partial charge on any atom is 0.281 e. The highest BCUT2D eigenvalue weighted by atomic mass is 16.3.